The van der Waals surface area contributed by atoms with Crippen molar-refractivity contribution >= 4 is 5.97 Å². The smallest absolute Gasteiger partial charge is 0.314 e. The Morgan fingerprint density at radius 1 is 1.09 bits per heavy atom. The second-order valence-electron chi connectivity index (χ2n) is 8.46. The molecule has 4 heteroatoms. The molecule has 0 atom stereocenters. The Bertz CT molecular complexity index is 967. The summed E-state index contributed by atoms with van der Waals surface area (Å²) in [7, 11) is 0. The Morgan fingerprint density at radius 2 is 1.75 bits per heavy atom. The zero-order valence-corrected chi connectivity index (χ0v) is 18.6. The van der Waals surface area contributed by atoms with Gasteiger partial charge in [-0.25, -0.2) is 8.78 Å². The van der Waals surface area contributed by atoms with E-state index in [1.54, 1.807) is 0 Å². The average molecular weight is 437 g/mol. The van der Waals surface area contributed by atoms with Crippen LogP contribution in [0.3, 0.4) is 0 Å². The molecule has 0 amide bonds. The molecule has 0 heterocycles. The first-order valence-corrected chi connectivity index (χ1v) is 11.4. The van der Waals surface area contributed by atoms with E-state index < -0.39 is 17.6 Å². The Hall–Kier alpha value is -2.93. The quantitative estimate of drug-likeness (QED) is 0.202. The maximum absolute atomic E-state index is 14.5. The van der Waals surface area contributed by atoms with E-state index in [9.17, 15) is 13.6 Å². The summed E-state index contributed by atoms with van der Waals surface area (Å²) in [6.45, 7) is 5.86. The molecule has 3 rings (SSSR count). The Balaban J connectivity index is 1.62. The van der Waals surface area contributed by atoms with Crippen LogP contribution in [0.15, 0.2) is 49.1 Å². The van der Waals surface area contributed by atoms with Crippen molar-refractivity contribution in [2.24, 2.45) is 11.8 Å². The Morgan fingerprint density at radius 3 is 2.34 bits per heavy atom. The maximum atomic E-state index is 14.5. The molecule has 0 spiro atoms. The predicted molar refractivity (Wildman–Crippen MR) is 123 cm³/mol. The van der Waals surface area contributed by atoms with Gasteiger partial charge in [0.05, 0.1) is 11.5 Å². The molecule has 2 nitrogen and oxygen atoms in total. The van der Waals surface area contributed by atoms with Crippen molar-refractivity contribution in [3.8, 4) is 17.6 Å². The van der Waals surface area contributed by atoms with Crippen molar-refractivity contribution in [1.29, 1.82) is 0 Å². The molecular weight excluding hydrogens is 406 g/mol. The molecule has 2 aromatic carbocycles. The van der Waals surface area contributed by atoms with Crippen molar-refractivity contribution in [3.63, 3.8) is 0 Å². The van der Waals surface area contributed by atoms with Crippen molar-refractivity contribution in [2.45, 2.75) is 58.3 Å². The molecule has 2 aromatic rings. The largest absolute Gasteiger partial charge is 0.426 e. The third kappa shape index (κ3) is 6.53. The number of benzene rings is 2. The highest BCUT2D eigenvalue weighted by molar-refractivity contribution is 5.75. The van der Waals surface area contributed by atoms with Crippen LogP contribution in [0.5, 0.6) is 5.75 Å². The first kappa shape index (κ1) is 23.7. The Kier molecular flexibility index (Phi) is 8.62. The van der Waals surface area contributed by atoms with E-state index in [1.165, 1.54) is 5.56 Å². The number of hydrogen-bond donors (Lipinski definition) is 0. The summed E-state index contributed by atoms with van der Waals surface area (Å²) in [6, 6.07) is 9.69. The van der Waals surface area contributed by atoms with E-state index in [0.717, 1.165) is 63.5 Å². The summed E-state index contributed by atoms with van der Waals surface area (Å²) in [4.78, 5) is 12.5. The summed E-state index contributed by atoms with van der Waals surface area (Å²) in [5.74, 6) is 3.53. The van der Waals surface area contributed by atoms with E-state index in [0.29, 0.717) is 11.5 Å². The lowest BCUT2D eigenvalue weighted by molar-refractivity contribution is -0.140. The summed E-state index contributed by atoms with van der Waals surface area (Å²) in [6.07, 6.45) is 9.43. The molecule has 0 aromatic heterocycles. The van der Waals surface area contributed by atoms with Crippen molar-refractivity contribution < 1.29 is 18.3 Å². The zero-order valence-electron chi connectivity index (χ0n) is 18.6. The molecule has 0 bridgehead atoms. The molecule has 1 saturated carbocycles. The zero-order chi connectivity index (χ0) is 22.9. The van der Waals surface area contributed by atoms with Crippen molar-refractivity contribution in [2.75, 3.05) is 0 Å². The SMILES string of the molecule is C=CCC[C@H]1CC[C@H](C(=O)Oc2cc(F)c(C#Cc3ccc(CCC)cc3)c(F)c2)CC1. The molecule has 0 unspecified atom stereocenters. The summed E-state index contributed by atoms with van der Waals surface area (Å²) in [5, 5.41) is 0. The summed E-state index contributed by atoms with van der Waals surface area (Å²) >= 11 is 0. The van der Waals surface area contributed by atoms with Crippen LogP contribution in [0.25, 0.3) is 0 Å². The lowest BCUT2D eigenvalue weighted by atomic mass is 9.80. The van der Waals surface area contributed by atoms with Gasteiger partial charge in [-0.05, 0) is 68.6 Å². The van der Waals surface area contributed by atoms with Gasteiger partial charge in [-0.3, -0.25) is 4.79 Å². The average Bonchev–Trinajstić information content (AvgIpc) is 2.78. The maximum Gasteiger partial charge on any atom is 0.314 e. The number of ether oxygens (including phenoxy) is 1. The fourth-order valence-corrected chi connectivity index (χ4v) is 4.15. The normalized spacial score (nSPS) is 17.8. The van der Waals surface area contributed by atoms with Gasteiger partial charge in [-0.1, -0.05) is 43.4 Å². The van der Waals surface area contributed by atoms with Gasteiger partial charge >= 0.3 is 5.97 Å². The number of rotatable bonds is 7. The third-order valence-corrected chi connectivity index (χ3v) is 6.02. The van der Waals surface area contributed by atoms with E-state index >= 15 is 0 Å². The number of carbonyl (C=O) groups is 1. The topological polar surface area (TPSA) is 26.3 Å². The van der Waals surface area contributed by atoms with Gasteiger partial charge in [0, 0.05) is 17.7 Å². The Labute approximate surface area is 189 Å². The number of carbonyl (C=O) groups excluding carboxylic acids is 1. The molecule has 168 valence electrons. The molecule has 0 aliphatic heterocycles. The molecule has 1 aliphatic carbocycles. The minimum Gasteiger partial charge on any atom is -0.426 e. The van der Waals surface area contributed by atoms with Crippen LogP contribution in [0, 0.1) is 35.3 Å². The van der Waals surface area contributed by atoms with Crippen LogP contribution < -0.4 is 4.74 Å². The fourth-order valence-electron chi connectivity index (χ4n) is 4.15. The van der Waals surface area contributed by atoms with Crippen LogP contribution >= 0.6 is 0 Å². The number of hydrogen-bond acceptors (Lipinski definition) is 2. The number of allylic oxidation sites excluding steroid dienone is 1. The van der Waals surface area contributed by atoms with Gasteiger partial charge in [0.2, 0.25) is 0 Å². The molecule has 32 heavy (non-hydrogen) atoms. The van der Waals surface area contributed by atoms with Crippen LogP contribution in [0.2, 0.25) is 0 Å². The third-order valence-electron chi connectivity index (χ3n) is 6.02. The summed E-state index contributed by atoms with van der Waals surface area (Å²) < 4.78 is 34.3. The standard InChI is InChI=1S/C28H30F2O2/c1-3-5-7-21-12-15-23(16-13-21)28(31)32-24-18-26(29)25(27(30)19-24)17-14-22-10-8-20(6-4-2)9-11-22/h3,8-11,18-19,21,23H,1,4-7,12-13,15-16H2,2H3/t21-,23-. The monoisotopic (exact) mass is 436 g/mol. The van der Waals surface area contributed by atoms with Gasteiger partial charge in [0.25, 0.3) is 0 Å². The van der Waals surface area contributed by atoms with E-state index in [2.05, 4.69) is 25.3 Å². The van der Waals surface area contributed by atoms with Crippen LogP contribution in [-0.4, -0.2) is 5.97 Å². The molecular formula is C28H30F2O2. The second kappa shape index (κ2) is 11.6. The highest BCUT2D eigenvalue weighted by Crippen LogP contribution is 2.33. The number of esters is 1. The highest BCUT2D eigenvalue weighted by Gasteiger charge is 2.27. The molecule has 0 N–H and O–H groups in total. The fraction of sp³-hybridized carbons (Fsp3) is 0.393. The van der Waals surface area contributed by atoms with Gasteiger partial charge < -0.3 is 4.74 Å². The van der Waals surface area contributed by atoms with Crippen LogP contribution in [-0.2, 0) is 11.2 Å². The minimum absolute atomic E-state index is 0.117. The van der Waals surface area contributed by atoms with E-state index in [-0.39, 0.29) is 17.2 Å². The predicted octanol–water partition coefficient (Wildman–Crippen LogP) is 7.00. The molecule has 0 saturated heterocycles. The van der Waals surface area contributed by atoms with Gasteiger partial charge in [0.15, 0.2) is 0 Å². The van der Waals surface area contributed by atoms with Gasteiger partial charge in [-0.2, -0.15) is 0 Å². The van der Waals surface area contributed by atoms with Crippen LogP contribution in [0.1, 0.15) is 68.6 Å². The first-order chi connectivity index (χ1) is 15.5. The van der Waals surface area contributed by atoms with E-state index in [4.69, 9.17) is 4.74 Å². The first-order valence-electron chi connectivity index (χ1n) is 11.4. The minimum atomic E-state index is -0.837. The molecule has 0 radical (unpaired) electrons. The highest BCUT2D eigenvalue weighted by atomic mass is 19.1. The van der Waals surface area contributed by atoms with Crippen molar-refractivity contribution in [1.82, 2.24) is 0 Å². The number of halogens is 2. The summed E-state index contributed by atoms with van der Waals surface area (Å²) in [5.41, 5.74) is 1.56. The van der Waals surface area contributed by atoms with Gasteiger partial charge in [0.1, 0.15) is 17.4 Å². The van der Waals surface area contributed by atoms with Crippen LogP contribution in [0.4, 0.5) is 8.78 Å². The van der Waals surface area contributed by atoms with Gasteiger partial charge in [-0.15, -0.1) is 6.58 Å². The second-order valence-corrected chi connectivity index (χ2v) is 8.46. The van der Waals surface area contributed by atoms with Crippen molar-refractivity contribution in [3.05, 3.63) is 77.4 Å². The number of aryl methyl sites for hydroxylation is 1. The van der Waals surface area contributed by atoms with E-state index in [1.807, 2.05) is 30.3 Å². The molecule has 1 aliphatic rings. The lowest BCUT2D eigenvalue weighted by Crippen LogP contribution is -2.25. The molecule has 1 fully saturated rings. The lowest BCUT2D eigenvalue weighted by Gasteiger charge is -2.26.